The van der Waals surface area contributed by atoms with E-state index >= 15 is 0 Å². The van der Waals surface area contributed by atoms with E-state index in [0.29, 0.717) is 18.0 Å². The number of hydrogen-bond acceptors (Lipinski definition) is 3. The van der Waals surface area contributed by atoms with E-state index < -0.39 is 6.10 Å². The van der Waals surface area contributed by atoms with Crippen LogP contribution < -0.4 is 10.1 Å². The van der Waals surface area contributed by atoms with Gasteiger partial charge in [-0.3, -0.25) is 0 Å². The lowest BCUT2D eigenvalue weighted by Crippen LogP contribution is -2.41. The molecule has 2 aromatic carbocycles. The van der Waals surface area contributed by atoms with Crippen LogP contribution in [0.3, 0.4) is 0 Å². The van der Waals surface area contributed by atoms with Crippen LogP contribution in [0, 0.1) is 5.82 Å². The number of aliphatic hydroxyl groups excluding tert-OH is 1. The molecule has 0 spiro atoms. The van der Waals surface area contributed by atoms with E-state index in [1.165, 1.54) is 24.3 Å². The molecule has 3 rings (SSSR count). The number of hydrogen-bond donors (Lipinski definition) is 2. The van der Waals surface area contributed by atoms with Gasteiger partial charge in [0.15, 0.2) is 0 Å². The van der Waals surface area contributed by atoms with Crippen molar-refractivity contribution in [2.75, 3.05) is 19.0 Å². The number of benzene rings is 2. The first kappa shape index (κ1) is 17.2. The summed E-state index contributed by atoms with van der Waals surface area (Å²) in [6.07, 6.45) is 0.783. The van der Waals surface area contributed by atoms with Crippen LogP contribution in [0.2, 0.25) is 0 Å². The Morgan fingerprint density at radius 1 is 1.24 bits per heavy atom. The van der Waals surface area contributed by atoms with Crippen LogP contribution in [-0.2, 0) is 0 Å². The SMILES string of the molecule is COc1ccc([C@@H](O)[C@H]2CCCN2C(=O)Nc2ccc(F)cc2)cc1. The minimum atomic E-state index is -0.771. The van der Waals surface area contributed by atoms with Gasteiger partial charge in [0.1, 0.15) is 11.6 Å². The summed E-state index contributed by atoms with van der Waals surface area (Å²) in [5.41, 5.74) is 1.27. The van der Waals surface area contributed by atoms with E-state index in [9.17, 15) is 14.3 Å². The monoisotopic (exact) mass is 344 g/mol. The Hall–Kier alpha value is -2.60. The van der Waals surface area contributed by atoms with Crippen molar-refractivity contribution < 1.29 is 19.0 Å². The fourth-order valence-electron chi connectivity index (χ4n) is 3.12. The number of urea groups is 1. The Bertz CT molecular complexity index is 718. The topological polar surface area (TPSA) is 61.8 Å². The summed E-state index contributed by atoms with van der Waals surface area (Å²) in [5, 5.41) is 13.4. The third kappa shape index (κ3) is 3.91. The van der Waals surface area contributed by atoms with Crippen molar-refractivity contribution in [2.45, 2.75) is 25.0 Å². The molecule has 2 atom stereocenters. The minimum Gasteiger partial charge on any atom is -0.497 e. The molecule has 0 aromatic heterocycles. The Morgan fingerprint density at radius 3 is 2.56 bits per heavy atom. The van der Waals surface area contributed by atoms with Crippen molar-refractivity contribution in [1.29, 1.82) is 0 Å². The quantitative estimate of drug-likeness (QED) is 0.891. The summed E-state index contributed by atoms with van der Waals surface area (Å²) >= 11 is 0. The number of likely N-dealkylation sites (tertiary alicyclic amines) is 1. The molecule has 1 heterocycles. The summed E-state index contributed by atoms with van der Waals surface area (Å²) in [6.45, 7) is 0.574. The number of methoxy groups -OCH3 is 1. The zero-order chi connectivity index (χ0) is 17.8. The lowest BCUT2D eigenvalue weighted by molar-refractivity contribution is 0.0891. The summed E-state index contributed by atoms with van der Waals surface area (Å²) in [4.78, 5) is 14.2. The number of carbonyl (C=O) groups excluding carboxylic acids is 1. The zero-order valence-corrected chi connectivity index (χ0v) is 14.0. The molecule has 132 valence electrons. The maximum absolute atomic E-state index is 13.0. The van der Waals surface area contributed by atoms with Crippen LogP contribution >= 0.6 is 0 Å². The molecule has 2 amide bonds. The van der Waals surface area contributed by atoms with Gasteiger partial charge in [0.05, 0.1) is 19.3 Å². The molecule has 1 aliphatic rings. The minimum absolute atomic E-state index is 0.290. The number of halogens is 1. The Kier molecular flexibility index (Phi) is 5.19. The van der Waals surface area contributed by atoms with Gasteiger partial charge in [0.25, 0.3) is 0 Å². The Morgan fingerprint density at radius 2 is 1.92 bits per heavy atom. The molecule has 2 aromatic rings. The largest absolute Gasteiger partial charge is 0.497 e. The maximum Gasteiger partial charge on any atom is 0.322 e. The maximum atomic E-state index is 13.0. The fraction of sp³-hybridized carbons (Fsp3) is 0.316. The molecule has 1 fully saturated rings. The molecule has 2 N–H and O–H groups in total. The highest BCUT2D eigenvalue weighted by molar-refractivity contribution is 5.89. The molecule has 1 saturated heterocycles. The van der Waals surface area contributed by atoms with Gasteiger partial charge in [-0.25, -0.2) is 9.18 Å². The van der Waals surface area contributed by atoms with Crippen molar-refractivity contribution >= 4 is 11.7 Å². The van der Waals surface area contributed by atoms with Crippen LogP contribution in [0.1, 0.15) is 24.5 Å². The first-order chi connectivity index (χ1) is 12.1. The number of rotatable bonds is 4. The van der Waals surface area contributed by atoms with E-state index in [2.05, 4.69) is 5.32 Å². The molecular weight excluding hydrogens is 323 g/mol. The molecule has 1 aliphatic heterocycles. The predicted octanol–water partition coefficient (Wildman–Crippen LogP) is 3.56. The van der Waals surface area contributed by atoms with E-state index in [4.69, 9.17) is 4.74 Å². The van der Waals surface area contributed by atoms with Crippen LogP contribution in [0.25, 0.3) is 0 Å². The molecule has 6 heteroatoms. The highest BCUT2D eigenvalue weighted by Crippen LogP contribution is 2.30. The summed E-state index contributed by atoms with van der Waals surface area (Å²) in [7, 11) is 1.59. The number of nitrogens with zero attached hydrogens (tertiary/aromatic N) is 1. The number of amides is 2. The van der Waals surface area contributed by atoms with Crippen molar-refractivity contribution in [2.24, 2.45) is 0 Å². The second kappa shape index (κ2) is 7.53. The average Bonchev–Trinajstić information content (AvgIpc) is 3.13. The lowest BCUT2D eigenvalue weighted by atomic mass is 10.0. The molecular formula is C19H21FN2O3. The smallest absolute Gasteiger partial charge is 0.322 e. The predicted molar refractivity (Wildman–Crippen MR) is 93.1 cm³/mol. The van der Waals surface area contributed by atoms with Crippen LogP contribution in [0.5, 0.6) is 5.75 Å². The van der Waals surface area contributed by atoms with Crippen molar-refractivity contribution in [3.8, 4) is 5.75 Å². The molecule has 0 radical (unpaired) electrons. The average molecular weight is 344 g/mol. The summed E-state index contributed by atoms with van der Waals surface area (Å²) < 4.78 is 18.1. The molecule has 0 aliphatic carbocycles. The Balaban J connectivity index is 1.70. The molecule has 0 unspecified atom stereocenters. The van der Waals surface area contributed by atoms with E-state index in [1.807, 2.05) is 0 Å². The Labute approximate surface area is 146 Å². The van der Waals surface area contributed by atoms with Gasteiger partial charge in [0.2, 0.25) is 0 Å². The number of nitrogens with one attached hydrogen (secondary N) is 1. The van der Waals surface area contributed by atoms with E-state index in [-0.39, 0.29) is 17.9 Å². The normalized spacial score (nSPS) is 18.0. The number of ether oxygens (including phenoxy) is 1. The third-order valence-corrected chi connectivity index (χ3v) is 4.48. The summed E-state index contributed by atoms with van der Waals surface area (Å²) in [6, 6.07) is 12.2. The number of anilines is 1. The van der Waals surface area contributed by atoms with E-state index in [1.54, 1.807) is 36.3 Å². The van der Waals surface area contributed by atoms with Crippen molar-refractivity contribution in [3.05, 3.63) is 59.9 Å². The second-order valence-electron chi connectivity index (χ2n) is 6.06. The summed E-state index contributed by atoms with van der Waals surface area (Å²) in [5.74, 6) is 0.361. The fourth-order valence-corrected chi connectivity index (χ4v) is 3.12. The zero-order valence-electron chi connectivity index (χ0n) is 14.0. The molecule has 5 nitrogen and oxygen atoms in total. The first-order valence-electron chi connectivity index (χ1n) is 8.23. The van der Waals surface area contributed by atoms with Crippen molar-refractivity contribution in [1.82, 2.24) is 4.90 Å². The van der Waals surface area contributed by atoms with Gasteiger partial charge < -0.3 is 20.1 Å². The second-order valence-corrected chi connectivity index (χ2v) is 6.06. The standard InChI is InChI=1S/C19H21FN2O3/c1-25-16-10-4-13(5-11-16)18(23)17-3-2-12-22(17)19(24)21-15-8-6-14(20)7-9-15/h4-11,17-18,23H,2-3,12H2,1H3,(H,21,24)/t17-,18-/m1/s1. The van der Waals surface area contributed by atoms with Gasteiger partial charge in [0, 0.05) is 12.2 Å². The van der Waals surface area contributed by atoms with Crippen LogP contribution in [-0.4, -0.2) is 35.7 Å². The van der Waals surface area contributed by atoms with Crippen LogP contribution in [0.15, 0.2) is 48.5 Å². The first-order valence-corrected chi connectivity index (χ1v) is 8.23. The van der Waals surface area contributed by atoms with Gasteiger partial charge in [-0.1, -0.05) is 12.1 Å². The van der Waals surface area contributed by atoms with E-state index in [0.717, 1.165) is 18.4 Å². The van der Waals surface area contributed by atoms with Gasteiger partial charge in [-0.2, -0.15) is 0 Å². The number of aliphatic hydroxyl groups is 1. The van der Waals surface area contributed by atoms with Gasteiger partial charge >= 0.3 is 6.03 Å². The molecule has 25 heavy (non-hydrogen) atoms. The lowest BCUT2D eigenvalue weighted by Gasteiger charge is -2.29. The van der Waals surface area contributed by atoms with Crippen molar-refractivity contribution in [3.63, 3.8) is 0 Å². The van der Waals surface area contributed by atoms with Gasteiger partial charge in [-0.05, 0) is 54.8 Å². The highest BCUT2D eigenvalue weighted by atomic mass is 19.1. The highest BCUT2D eigenvalue weighted by Gasteiger charge is 2.34. The molecule has 0 saturated carbocycles. The third-order valence-electron chi connectivity index (χ3n) is 4.48. The number of carbonyl (C=O) groups is 1. The molecule has 0 bridgehead atoms. The van der Waals surface area contributed by atoms with Gasteiger partial charge in [-0.15, -0.1) is 0 Å². The van der Waals surface area contributed by atoms with Crippen LogP contribution in [0.4, 0.5) is 14.9 Å².